The van der Waals surface area contributed by atoms with Crippen molar-refractivity contribution in [2.45, 2.75) is 19.3 Å². The molecule has 11 rings (SSSR count). The smallest absolute Gasteiger partial charge is 0.160 e. The maximum absolute atomic E-state index is 6.90. The van der Waals surface area contributed by atoms with Gasteiger partial charge in [0, 0.05) is 38.6 Å². The highest BCUT2D eigenvalue weighted by Crippen LogP contribution is 2.57. The van der Waals surface area contributed by atoms with E-state index >= 15 is 0 Å². The van der Waals surface area contributed by atoms with Gasteiger partial charge in [0.2, 0.25) is 0 Å². The normalized spacial score (nSPS) is 13.2. The van der Waals surface area contributed by atoms with Crippen molar-refractivity contribution in [2.75, 3.05) is 4.90 Å². The van der Waals surface area contributed by atoms with Crippen LogP contribution in [-0.4, -0.2) is 9.97 Å². The van der Waals surface area contributed by atoms with Crippen LogP contribution in [0.25, 0.3) is 77.7 Å². The largest absolute Gasteiger partial charge is 0.454 e. The van der Waals surface area contributed by atoms with E-state index in [1.54, 1.807) is 0 Å². The fraction of sp³-hybridized carbons (Fsp3) is 0.0566. The number of aromatic nitrogens is 2. The minimum Gasteiger partial charge on any atom is -0.454 e. The summed E-state index contributed by atoms with van der Waals surface area (Å²) >= 11 is 0. The number of benzene rings is 8. The van der Waals surface area contributed by atoms with E-state index in [0.29, 0.717) is 5.82 Å². The quantitative estimate of drug-likeness (QED) is 0.177. The van der Waals surface area contributed by atoms with Crippen molar-refractivity contribution in [3.05, 3.63) is 199 Å². The van der Waals surface area contributed by atoms with E-state index in [0.717, 1.165) is 72.6 Å². The summed E-state index contributed by atoms with van der Waals surface area (Å²) in [4.78, 5) is 12.8. The van der Waals surface area contributed by atoms with Crippen LogP contribution >= 0.6 is 0 Å². The van der Waals surface area contributed by atoms with Crippen LogP contribution in [0.2, 0.25) is 0 Å². The molecule has 1 aliphatic heterocycles. The summed E-state index contributed by atoms with van der Waals surface area (Å²) in [6.45, 7) is 4.69. The molecule has 57 heavy (non-hydrogen) atoms. The summed E-state index contributed by atoms with van der Waals surface area (Å²) < 4.78 is 6.90. The van der Waals surface area contributed by atoms with E-state index in [-0.39, 0.29) is 5.41 Å². The van der Waals surface area contributed by atoms with Gasteiger partial charge in [0.15, 0.2) is 11.4 Å². The first-order chi connectivity index (χ1) is 28.0. The highest BCUT2D eigenvalue weighted by molar-refractivity contribution is 6.25. The first kappa shape index (κ1) is 33.1. The van der Waals surface area contributed by atoms with Crippen LogP contribution in [-0.2, 0) is 5.41 Å². The van der Waals surface area contributed by atoms with Gasteiger partial charge < -0.3 is 9.32 Å². The highest BCUT2D eigenvalue weighted by Gasteiger charge is 2.41. The van der Waals surface area contributed by atoms with Crippen LogP contribution in [0.15, 0.2) is 192 Å². The average Bonchev–Trinajstić information content (AvgIpc) is 3.67. The SMILES string of the molecule is CC1(C)c2ccccc2N(c2ccc(-c3nc(-c4ccccc4)cc(-c4cccc(-c5ccccc5)c4)n3)cc2)c2c1c1ccccc1c1c2oc2ccccc21. The van der Waals surface area contributed by atoms with E-state index in [4.69, 9.17) is 14.4 Å². The first-order valence-electron chi connectivity index (χ1n) is 19.5. The number of fused-ring (bicyclic) bond motifs is 9. The lowest BCUT2D eigenvalue weighted by Gasteiger charge is -2.42. The topological polar surface area (TPSA) is 42.2 Å². The molecule has 3 heterocycles. The van der Waals surface area contributed by atoms with E-state index in [9.17, 15) is 0 Å². The first-order valence-corrected chi connectivity index (χ1v) is 19.5. The molecule has 4 nitrogen and oxygen atoms in total. The molecule has 0 saturated carbocycles. The molecule has 0 amide bonds. The molecule has 0 fully saturated rings. The van der Waals surface area contributed by atoms with Gasteiger partial charge in [0.05, 0.1) is 22.8 Å². The number of hydrogen-bond donors (Lipinski definition) is 0. The van der Waals surface area contributed by atoms with Crippen molar-refractivity contribution in [1.82, 2.24) is 9.97 Å². The molecule has 0 saturated heterocycles. The van der Waals surface area contributed by atoms with Gasteiger partial charge in [-0.15, -0.1) is 0 Å². The Morgan fingerprint density at radius 2 is 1.07 bits per heavy atom. The second kappa shape index (κ2) is 12.9. The van der Waals surface area contributed by atoms with Crippen LogP contribution < -0.4 is 4.90 Å². The number of nitrogens with zero attached hydrogens (tertiary/aromatic N) is 3. The zero-order chi connectivity index (χ0) is 38.1. The molecule has 0 bridgehead atoms. The maximum Gasteiger partial charge on any atom is 0.160 e. The third-order valence-corrected chi connectivity index (χ3v) is 11.6. The number of rotatable bonds is 5. The van der Waals surface area contributed by atoms with E-state index in [1.807, 2.05) is 12.1 Å². The second-order valence-electron chi connectivity index (χ2n) is 15.4. The lowest BCUT2D eigenvalue weighted by Crippen LogP contribution is -2.31. The molecule has 270 valence electrons. The molecule has 4 heteroatoms. The zero-order valence-corrected chi connectivity index (χ0v) is 31.6. The Hall–Kier alpha value is -7.30. The minimum atomic E-state index is -0.297. The van der Waals surface area contributed by atoms with Crippen molar-refractivity contribution in [2.24, 2.45) is 0 Å². The lowest BCUT2D eigenvalue weighted by atomic mass is 9.71. The molecule has 0 aliphatic carbocycles. The molecule has 0 spiro atoms. The van der Waals surface area contributed by atoms with E-state index in [2.05, 4.69) is 195 Å². The molecule has 0 N–H and O–H groups in total. The molecule has 10 aromatic rings. The van der Waals surface area contributed by atoms with Gasteiger partial charge in [-0.1, -0.05) is 153 Å². The van der Waals surface area contributed by atoms with Crippen molar-refractivity contribution in [3.8, 4) is 45.0 Å². The fourth-order valence-electron chi connectivity index (χ4n) is 8.94. The van der Waals surface area contributed by atoms with Gasteiger partial charge in [0.1, 0.15) is 5.58 Å². The van der Waals surface area contributed by atoms with E-state index < -0.39 is 0 Å². The molecule has 8 aromatic carbocycles. The van der Waals surface area contributed by atoms with Crippen LogP contribution in [0.4, 0.5) is 17.1 Å². The van der Waals surface area contributed by atoms with Crippen molar-refractivity contribution < 1.29 is 4.42 Å². The fourth-order valence-corrected chi connectivity index (χ4v) is 8.94. The van der Waals surface area contributed by atoms with Gasteiger partial charge in [-0.2, -0.15) is 0 Å². The average molecular weight is 732 g/mol. The zero-order valence-electron chi connectivity index (χ0n) is 31.6. The Morgan fingerprint density at radius 3 is 1.84 bits per heavy atom. The third kappa shape index (κ3) is 5.29. The summed E-state index contributed by atoms with van der Waals surface area (Å²) in [5, 5.41) is 4.72. The van der Waals surface area contributed by atoms with Crippen molar-refractivity contribution >= 4 is 49.8 Å². The Balaban J connectivity index is 1.10. The van der Waals surface area contributed by atoms with Crippen molar-refractivity contribution in [3.63, 3.8) is 0 Å². The van der Waals surface area contributed by atoms with Gasteiger partial charge in [-0.3, -0.25) is 0 Å². The lowest BCUT2D eigenvalue weighted by molar-refractivity contribution is 0.629. The highest BCUT2D eigenvalue weighted by atomic mass is 16.3. The van der Waals surface area contributed by atoms with Crippen LogP contribution in [0, 0.1) is 0 Å². The Labute approximate surface area is 331 Å². The third-order valence-electron chi connectivity index (χ3n) is 11.6. The molecule has 0 radical (unpaired) electrons. The van der Waals surface area contributed by atoms with Crippen LogP contribution in [0.5, 0.6) is 0 Å². The Bertz CT molecular complexity index is 3150. The summed E-state index contributed by atoms with van der Waals surface area (Å²) in [5.74, 6) is 0.675. The summed E-state index contributed by atoms with van der Waals surface area (Å²) in [6, 6.07) is 66.3. The molecular formula is C53H37N3O. The number of para-hydroxylation sites is 2. The second-order valence-corrected chi connectivity index (χ2v) is 15.4. The van der Waals surface area contributed by atoms with Crippen LogP contribution in [0.1, 0.15) is 25.0 Å². The molecule has 2 aromatic heterocycles. The van der Waals surface area contributed by atoms with Gasteiger partial charge in [-0.05, 0) is 81.6 Å². The summed E-state index contributed by atoms with van der Waals surface area (Å²) in [7, 11) is 0. The van der Waals surface area contributed by atoms with Crippen LogP contribution in [0.3, 0.4) is 0 Å². The predicted octanol–water partition coefficient (Wildman–Crippen LogP) is 14.3. The molecule has 1 aliphatic rings. The molecule has 0 unspecified atom stereocenters. The summed E-state index contributed by atoms with van der Waals surface area (Å²) in [6.07, 6.45) is 0. The Morgan fingerprint density at radius 1 is 0.474 bits per heavy atom. The minimum absolute atomic E-state index is 0.297. The predicted molar refractivity (Wildman–Crippen MR) is 235 cm³/mol. The maximum atomic E-state index is 6.90. The standard InChI is InChI=1S/C53H37N3O/c1-53(2)43-25-12-13-26-46(43)56(50-49(53)41-23-10-9-22-40(41)48-42-24-11-14-27-47(42)57-51(48)50)39-30-28-36(29-31-39)52-54-44(35-18-7-4-8-19-35)33-45(55-52)38-21-15-20-37(32-38)34-16-5-3-6-17-34/h3-33H,1-2H3. The summed E-state index contributed by atoms with van der Waals surface area (Å²) in [5.41, 5.74) is 14.4. The van der Waals surface area contributed by atoms with E-state index in [1.165, 1.54) is 27.5 Å². The van der Waals surface area contributed by atoms with Gasteiger partial charge >= 0.3 is 0 Å². The van der Waals surface area contributed by atoms with Crippen molar-refractivity contribution in [1.29, 1.82) is 0 Å². The molecule has 0 atom stereocenters. The monoisotopic (exact) mass is 731 g/mol. The number of hydrogen-bond acceptors (Lipinski definition) is 4. The Kier molecular flexibility index (Phi) is 7.48. The number of furan rings is 1. The van der Waals surface area contributed by atoms with Gasteiger partial charge in [-0.25, -0.2) is 9.97 Å². The number of anilines is 3. The molecular weight excluding hydrogens is 695 g/mol. The van der Waals surface area contributed by atoms with Gasteiger partial charge in [0.25, 0.3) is 0 Å².